The zero-order valence-electron chi connectivity index (χ0n) is 32.4. The Kier molecular flexibility index (Phi) is 12.7. The first-order valence-corrected chi connectivity index (χ1v) is 17.6. The Morgan fingerprint density at radius 3 is 0.721 bits per heavy atom. The molecule has 0 N–H and O–H groups in total. The van der Waals surface area contributed by atoms with Crippen LogP contribution in [0.3, 0.4) is 0 Å². The highest BCUT2D eigenvalue weighted by molar-refractivity contribution is 5.84. The maximum absolute atomic E-state index is 15.5. The van der Waals surface area contributed by atoms with Crippen molar-refractivity contribution >= 4 is 34.1 Å². The highest BCUT2D eigenvalue weighted by Gasteiger charge is 2.48. The molecule has 2 nitrogen and oxygen atoms in total. The molecule has 0 unspecified atom stereocenters. The van der Waals surface area contributed by atoms with E-state index in [1.54, 1.807) is 0 Å². The van der Waals surface area contributed by atoms with Crippen LogP contribution < -0.4 is 9.80 Å². The fourth-order valence-electron chi connectivity index (χ4n) is 6.87. The molecule has 0 radical (unpaired) electrons. The number of alkyl halides is 9. The fourth-order valence-corrected chi connectivity index (χ4v) is 6.87. The van der Waals surface area contributed by atoms with Crippen molar-refractivity contribution in [2.75, 3.05) is 9.80 Å². The van der Waals surface area contributed by atoms with Crippen molar-refractivity contribution in [1.82, 2.24) is 0 Å². The molecule has 0 aliphatic heterocycles. The monoisotopic (exact) mass is 1010 g/mol. The van der Waals surface area contributed by atoms with Crippen LogP contribution in [0.2, 0.25) is 0 Å². The van der Waals surface area contributed by atoms with Gasteiger partial charge in [-0.3, -0.25) is 9.80 Å². The standard InChI is InChI=1S/C41H13F25N2/c1-10-7-12(67(35-21(44)16(42)9-17(43)22(35)45)36-29(52)23(46)18(39(58,59)60)24(47)30(36)53)3-5-14(10)15-6-4-13(8-11(15)2)68(37-31(54)25(48)19(40(61,62)63)26(49)32(37)55)38-33(56)27(50)20(41(64,65)66)28(51)34(38)57/h3-9H,1-2H3. The minimum absolute atomic E-state index is 0.333. The van der Waals surface area contributed by atoms with Gasteiger partial charge >= 0.3 is 18.5 Å². The lowest BCUT2D eigenvalue weighted by Crippen LogP contribution is -2.24. The summed E-state index contributed by atoms with van der Waals surface area (Å²) in [7, 11) is 0. The number of hydrogen-bond donors (Lipinski definition) is 0. The summed E-state index contributed by atoms with van der Waals surface area (Å²) in [4.78, 5) is -1.53. The van der Waals surface area contributed by atoms with Crippen molar-refractivity contribution in [1.29, 1.82) is 0 Å². The largest absolute Gasteiger partial charge is 0.422 e. The molecule has 0 fully saturated rings. The lowest BCUT2D eigenvalue weighted by atomic mass is 9.95. The van der Waals surface area contributed by atoms with E-state index in [-0.39, 0.29) is 11.1 Å². The third kappa shape index (κ3) is 8.11. The van der Waals surface area contributed by atoms with Crippen molar-refractivity contribution in [3.05, 3.63) is 163 Å². The molecule has 0 heterocycles. The topological polar surface area (TPSA) is 6.48 Å². The van der Waals surface area contributed by atoms with Gasteiger partial charge in [-0.25, -0.2) is 70.2 Å². The molecular formula is C41H13F25N2. The number of halogens is 25. The Bertz CT molecular complexity index is 2880. The smallest absolute Gasteiger partial charge is 0.300 e. The molecule has 0 saturated heterocycles. The molecule has 0 amide bonds. The second kappa shape index (κ2) is 17.0. The van der Waals surface area contributed by atoms with Crippen LogP contribution in [0.5, 0.6) is 0 Å². The third-order valence-corrected chi connectivity index (χ3v) is 9.78. The zero-order valence-corrected chi connectivity index (χ0v) is 32.4. The number of benzene rings is 6. The van der Waals surface area contributed by atoms with Gasteiger partial charge in [0, 0.05) is 17.4 Å². The van der Waals surface area contributed by atoms with E-state index in [2.05, 4.69) is 0 Å². The Labute approximate surface area is 360 Å². The quantitative estimate of drug-likeness (QED) is 0.116. The molecule has 0 aliphatic carbocycles. The van der Waals surface area contributed by atoms with E-state index in [4.69, 9.17) is 0 Å². The van der Waals surface area contributed by atoms with Crippen molar-refractivity contribution in [3.8, 4) is 11.1 Å². The summed E-state index contributed by atoms with van der Waals surface area (Å²) in [6.07, 6.45) is -18.7. The molecular weight excluding hydrogens is 995 g/mol. The van der Waals surface area contributed by atoms with E-state index < -0.39 is 189 Å². The number of rotatable bonds is 7. The second-order valence-electron chi connectivity index (χ2n) is 13.9. The number of aryl methyl sites for hydroxylation is 2. The van der Waals surface area contributed by atoms with E-state index in [0.717, 1.165) is 13.8 Å². The second-order valence-corrected chi connectivity index (χ2v) is 13.9. The molecule has 27 heteroatoms. The highest BCUT2D eigenvalue weighted by atomic mass is 19.4. The molecule has 362 valence electrons. The Balaban J connectivity index is 1.62. The van der Waals surface area contributed by atoms with Crippen LogP contribution >= 0.6 is 0 Å². The van der Waals surface area contributed by atoms with Gasteiger partial charge in [0.05, 0.1) is 0 Å². The van der Waals surface area contributed by atoms with Gasteiger partial charge in [0.25, 0.3) is 0 Å². The Morgan fingerprint density at radius 2 is 0.515 bits per heavy atom. The molecule has 0 spiro atoms. The van der Waals surface area contributed by atoms with Gasteiger partial charge in [-0.2, -0.15) is 39.5 Å². The Hall–Kier alpha value is -6.83. The summed E-state index contributed by atoms with van der Waals surface area (Å²) in [5.74, 6) is -48.6. The fraction of sp³-hybridized carbons (Fsp3) is 0.122. The minimum atomic E-state index is -6.27. The van der Waals surface area contributed by atoms with Gasteiger partial charge in [-0.05, 0) is 60.4 Å². The van der Waals surface area contributed by atoms with Gasteiger partial charge in [0.15, 0.2) is 93.1 Å². The molecule has 0 bridgehead atoms. The Morgan fingerprint density at radius 1 is 0.294 bits per heavy atom. The van der Waals surface area contributed by atoms with Crippen LogP contribution in [0, 0.1) is 107 Å². The number of nitrogens with zero attached hydrogens (tertiary/aromatic N) is 2. The van der Waals surface area contributed by atoms with Crippen LogP contribution in [0.15, 0.2) is 42.5 Å². The summed E-state index contributed by atoms with van der Waals surface area (Å²) in [5.41, 5.74) is -24.0. The predicted octanol–water partition coefficient (Wildman–Crippen LogP) is 16.2. The van der Waals surface area contributed by atoms with Crippen molar-refractivity contribution in [2.45, 2.75) is 32.4 Å². The lowest BCUT2D eigenvalue weighted by molar-refractivity contribution is -0.144. The summed E-state index contributed by atoms with van der Waals surface area (Å²) in [6, 6.07) is 2.54. The number of anilines is 6. The van der Waals surface area contributed by atoms with Crippen LogP contribution in [0.25, 0.3) is 11.1 Å². The summed E-state index contributed by atoms with van der Waals surface area (Å²) >= 11 is 0. The molecule has 0 saturated carbocycles. The van der Waals surface area contributed by atoms with E-state index in [1.807, 2.05) is 0 Å². The molecule has 0 aliphatic rings. The summed E-state index contributed by atoms with van der Waals surface area (Å²) in [6.45, 7) is 1.82. The van der Waals surface area contributed by atoms with Crippen molar-refractivity contribution in [2.24, 2.45) is 0 Å². The summed E-state index contributed by atoms with van der Waals surface area (Å²) < 4.78 is 363. The zero-order chi connectivity index (χ0) is 51.3. The molecule has 68 heavy (non-hydrogen) atoms. The molecule has 6 aromatic carbocycles. The maximum Gasteiger partial charge on any atom is 0.422 e. The van der Waals surface area contributed by atoms with Crippen molar-refractivity contribution in [3.63, 3.8) is 0 Å². The van der Waals surface area contributed by atoms with Gasteiger partial charge in [0.2, 0.25) is 0 Å². The van der Waals surface area contributed by atoms with E-state index >= 15 is 35.1 Å². The van der Waals surface area contributed by atoms with E-state index in [0.29, 0.717) is 36.4 Å². The van der Waals surface area contributed by atoms with Gasteiger partial charge in [-0.15, -0.1) is 0 Å². The third-order valence-electron chi connectivity index (χ3n) is 9.78. The van der Waals surface area contributed by atoms with E-state index in [9.17, 15) is 74.6 Å². The SMILES string of the molecule is Cc1cc(N(c2c(F)c(F)cc(F)c2F)c2c(F)c(F)c(C(F)(F)F)c(F)c2F)ccc1-c1ccc(N(c2c(F)c(F)c(C(F)(F)F)c(F)c2F)c2c(F)c(F)c(C(F)(F)F)c(F)c2F)cc1C. The number of hydrogen-bond acceptors (Lipinski definition) is 2. The van der Waals surface area contributed by atoms with Gasteiger partial charge < -0.3 is 0 Å². The maximum atomic E-state index is 15.5. The van der Waals surface area contributed by atoms with Gasteiger partial charge in [-0.1, -0.05) is 12.1 Å². The lowest BCUT2D eigenvalue weighted by Gasteiger charge is -2.29. The molecule has 6 rings (SSSR count). The van der Waals surface area contributed by atoms with Crippen LogP contribution in [-0.4, -0.2) is 0 Å². The van der Waals surface area contributed by atoms with Crippen LogP contribution in [-0.2, 0) is 18.5 Å². The first kappa shape index (κ1) is 50.6. The van der Waals surface area contributed by atoms with E-state index in [1.165, 1.54) is 0 Å². The van der Waals surface area contributed by atoms with Crippen LogP contribution in [0.4, 0.5) is 144 Å². The first-order valence-electron chi connectivity index (χ1n) is 17.6. The van der Waals surface area contributed by atoms with Crippen LogP contribution in [0.1, 0.15) is 27.8 Å². The highest BCUT2D eigenvalue weighted by Crippen LogP contribution is 2.50. The summed E-state index contributed by atoms with van der Waals surface area (Å²) in [5, 5.41) is 0. The normalized spacial score (nSPS) is 12.3. The van der Waals surface area contributed by atoms with Gasteiger partial charge in [0.1, 0.15) is 39.4 Å². The first-order chi connectivity index (χ1) is 31.2. The molecule has 6 aromatic rings. The molecule has 0 atom stereocenters. The molecule has 0 aromatic heterocycles. The average Bonchev–Trinajstić information content (AvgIpc) is 3.21. The predicted molar refractivity (Wildman–Crippen MR) is 185 cm³/mol. The van der Waals surface area contributed by atoms with Crippen molar-refractivity contribution < 1.29 is 110 Å². The minimum Gasteiger partial charge on any atom is -0.300 e. The average molecular weight is 1010 g/mol.